The highest BCUT2D eigenvalue weighted by Gasteiger charge is 2.29. The molecule has 0 saturated carbocycles. The number of H-pyrrole nitrogens is 1. The van der Waals surface area contributed by atoms with Crippen molar-refractivity contribution in [2.24, 2.45) is 11.8 Å². The molecule has 1 heterocycles. The molecule has 0 aliphatic rings. The maximum atomic E-state index is 12.9. The van der Waals surface area contributed by atoms with Crippen LogP contribution in [0.1, 0.15) is 39.2 Å². The van der Waals surface area contributed by atoms with Crippen LogP contribution in [0.15, 0.2) is 6.20 Å². The summed E-state index contributed by atoms with van der Waals surface area (Å²) in [6, 6.07) is -0.628. The quantitative estimate of drug-likeness (QED) is 0.804. The fraction of sp³-hybridized carbons (Fsp3) is 0.688. The number of hydrogen-bond acceptors (Lipinski definition) is 4. The third kappa shape index (κ3) is 5.92. The molecule has 1 aromatic rings. The molecule has 0 spiro atoms. The summed E-state index contributed by atoms with van der Waals surface area (Å²) < 4.78 is 4.62. The van der Waals surface area contributed by atoms with Crippen LogP contribution < -0.4 is 5.32 Å². The van der Waals surface area contributed by atoms with Crippen molar-refractivity contribution in [1.29, 1.82) is 0 Å². The largest absolute Gasteiger partial charge is 0.453 e. The van der Waals surface area contributed by atoms with Crippen molar-refractivity contribution in [1.82, 2.24) is 20.2 Å². The fourth-order valence-corrected chi connectivity index (χ4v) is 2.30. The number of imidazole rings is 1. The number of aromatic nitrogens is 2. The van der Waals surface area contributed by atoms with Gasteiger partial charge in [-0.3, -0.25) is 4.79 Å². The Bertz CT molecular complexity index is 525. The van der Waals surface area contributed by atoms with E-state index in [2.05, 4.69) is 20.0 Å². The lowest BCUT2D eigenvalue weighted by Crippen LogP contribution is -2.51. The second-order valence-electron chi connectivity index (χ2n) is 6.48. The van der Waals surface area contributed by atoms with E-state index in [1.54, 1.807) is 11.1 Å². The first-order valence-corrected chi connectivity index (χ1v) is 7.88. The molecule has 0 saturated heterocycles. The van der Waals surface area contributed by atoms with Gasteiger partial charge in [0.15, 0.2) is 0 Å². The summed E-state index contributed by atoms with van der Waals surface area (Å²) in [5.41, 5.74) is 0.949. The van der Waals surface area contributed by atoms with Crippen molar-refractivity contribution in [2.75, 3.05) is 13.7 Å². The number of carbonyl (C=O) groups excluding carboxylic acids is 2. The normalized spacial score (nSPS) is 12.3. The first-order chi connectivity index (χ1) is 10.7. The minimum atomic E-state index is -0.628. The van der Waals surface area contributed by atoms with E-state index >= 15 is 0 Å². The Balaban J connectivity index is 2.93. The second-order valence-corrected chi connectivity index (χ2v) is 6.48. The topological polar surface area (TPSA) is 87.3 Å². The molecule has 130 valence electrons. The molecular formula is C16H28N4O3. The van der Waals surface area contributed by atoms with Gasteiger partial charge in [0.25, 0.3) is 0 Å². The van der Waals surface area contributed by atoms with Gasteiger partial charge in [0.05, 0.1) is 13.7 Å². The highest BCUT2D eigenvalue weighted by atomic mass is 16.5. The zero-order valence-electron chi connectivity index (χ0n) is 14.8. The third-order valence-corrected chi connectivity index (χ3v) is 3.38. The van der Waals surface area contributed by atoms with E-state index in [-0.39, 0.29) is 11.8 Å². The number of ether oxygens (including phenoxy) is 1. The third-order valence-electron chi connectivity index (χ3n) is 3.38. The molecule has 2 amide bonds. The highest BCUT2D eigenvalue weighted by molar-refractivity contribution is 5.85. The number of nitrogens with zero attached hydrogens (tertiary/aromatic N) is 2. The number of nitrogens with one attached hydrogen (secondary N) is 2. The summed E-state index contributed by atoms with van der Waals surface area (Å²) in [4.78, 5) is 33.5. The molecular weight excluding hydrogens is 296 g/mol. The molecule has 1 rings (SSSR count). The zero-order valence-corrected chi connectivity index (χ0v) is 14.8. The molecule has 0 fully saturated rings. The minimum Gasteiger partial charge on any atom is -0.453 e. The van der Waals surface area contributed by atoms with Crippen molar-refractivity contribution in [3.63, 3.8) is 0 Å². The molecule has 23 heavy (non-hydrogen) atoms. The Morgan fingerprint density at radius 1 is 1.35 bits per heavy atom. The summed E-state index contributed by atoms with van der Waals surface area (Å²) in [6.07, 6.45) is 1.13. The van der Waals surface area contributed by atoms with Gasteiger partial charge in [-0.05, 0) is 18.8 Å². The average molecular weight is 324 g/mol. The van der Waals surface area contributed by atoms with Gasteiger partial charge in [-0.25, -0.2) is 9.78 Å². The SMILES string of the molecule is COC(=O)N[C@H](C(=O)N(Cc1ncc(C)[nH]1)CC(C)C)C(C)C. The summed E-state index contributed by atoms with van der Waals surface area (Å²) >= 11 is 0. The number of alkyl carbamates (subject to hydrolysis) is 1. The van der Waals surface area contributed by atoms with Crippen LogP contribution in [0.4, 0.5) is 4.79 Å². The molecule has 2 N–H and O–H groups in total. The fourth-order valence-electron chi connectivity index (χ4n) is 2.30. The Morgan fingerprint density at radius 2 is 2.00 bits per heavy atom. The van der Waals surface area contributed by atoms with Crippen LogP contribution in [0.25, 0.3) is 0 Å². The second kappa shape index (κ2) is 8.55. The smallest absolute Gasteiger partial charge is 0.407 e. The van der Waals surface area contributed by atoms with Gasteiger partial charge < -0.3 is 19.9 Å². The number of methoxy groups -OCH3 is 1. The van der Waals surface area contributed by atoms with E-state index in [0.717, 1.165) is 11.5 Å². The maximum Gasteiger partial charge on any atom is 0.407 e. The number of aromatic amines is 1. The lowest BCUT2D eigenvalue weighted by molar-refractivity contribution is -0.135. The number of amides is 2. The summed E-state index contributed by atoms with van der Waals surface area (Å²) in [6.45, 7) is 10.8. The Morgan fingerprint density at radius 3 is 2.43 bits per heavy atom. The molecule has 7 nitrogen and oxygen atoms in total. The van der Waals surface area contributed by atoms with Gasteiger partial charge in [-0.2, -0.15) is 0 Å². The molecule has 7 heteroatoms. The van der Waals surface area contributed by atoms with Gasteiger partial charge >= 0.3 is 6.09 Å². The van der Waals surface area contributed by atoms with Gasteiger partial charge in [-0.1, -0.05) is 27.7 Å². The Hall–Kier alpha value is -2.05. The first kappa shape index (κ1) is 19.0. The number of hydrogen-bond donors (Lipinski definition) is 2. The van der Waals surface area contributed by atoms with Crippen LogP contribution in [0.5, 0.6) is 0 Å². The predicted molar refractivity (Wildman–Crippen MR) is 87.7 cm³/mol. The van der Waals surface area contributed by atoms with Crippen LogP contribution in [0.3, 0.4) is 0 Å². The van der Waals surface area contributed by atoms with Crippen molar-refractivity contribution in [3.05, 3.63) is 17.7 Å². The van der Waals surface area contributed by atoms with Crippen LogP contribution in [0.2, 0.25) is 0 Å². The first-order valence-electron chi connectivity index (χ1n) is 7.88. The van der Waals surface area contributed by atoms with Crippen molar-refractivity contribution >= 4 is 12.0 Å². The van der Waals surface area contributed by atoms with E-state index in [1.165, 1.54) is 7.11 Å². The van der Waals surface area contributed by atoms with E-state index < -0.39 is 12.1 Å². The lowest BCUT2D eigenvalue weighted by atomic mass is 10.0. The Labute approximate surface area is 137 Å². The predicted octanol–water partition coefficient (Wildman–Crippen LogP) is 2.08. The van der Waals surface area contributed by atoms with Crippen LogP contribution in [-0.4, -0.2) is 46.6 Å². The summed E-state index contributed by atoms with van der Waals surface area (Å²) in [5, 5.41) is 2.63. The molecule has 0 aliphatic heterocycles. The van der Waals surface area contributed by atoms with Gasteiger partial charge in [-0.15, -0.1) is 0 Å². The molecule has 1 atom stereocenters. The number of rotatable bonds is 7. The van der Waals surface area contributed by atoms with Crippen LogP contribution >= 0.6 is 0 Å². The number of carbonyl (C=O) groups is 2. The van der Waals surface area contributed by atoms with E-state index in [4.69, 9.17) is 0 Å². The van der Waals surface area contributed by atoms with Crippen molar-refractivity contribution < 1.29 is 14.3 Å². The molecule has 1 aromatic heterocycles. The van der Waals surface area contributed by atoms with Crippen molar-refractivity contribution in [3.8, 4) is 0 Å². The van der Waals surface area contributed by atoms with Gasteiger partial charge in [0.1, 0.15) is 11.9 Å². The Kier molecular flexibility index (Phi) is 7.06. The van der Waals surface area contributed by atoms with E-state index in [0.29, 0.717) is 19.0 Å². The van der Waals surface area contributed by atoms with Gasteiger partial charge in [0.2, 0.25) is 5.91 Å². The van der Waals surface area contributed by atoms with E-state index in [9.17, 15) is 9.59 Å². The standard InChI is InChI=1S/C16H28N4O3/c1-10(2)8-20(9-13-17-7-12(5)18-13)15(21)14(11(3)4)19-16(22)23-6/h7,10-11,14H,8-9H2,1-6H3,(H,17,18)(H,19,22)/t14-/m0/s1. The van der Waals surface area contributed by atoms with Crippen molar-refractivity contribution in [2.45, 2.75) is 47.2 Å². The molecule has 0 bridgehead atoms. The zero-order chi connectivity index (χ0) is 17.6. The molecule has 0 aliphatic carbocycles. The van der Waals surface area contributed by atoms with Crippen LogP contribution in [-0.2, 0) is 16.1 Å². The average Bonchev–Trinajstić information content (AvgIpc) is 2.87. The lowest BCUT2D eigenvalue weighted by Gasteiger charge is -2.30. The minimum absolute atomic E-state index is 0.0467. The van der Waals surface area contributed by atoms with E-state index in [1.807, 2.05) is 34.6 Å². The highest BCUT2D eigenvalue weighted by Crippen LogP contribution is 2.12. The summed E-state index contributed by atoms with van der Waals surface area (Å²) in [7, 11) is 1.29. The molecule has 0 radical (unpaired) electrons. The molecule has 0 unspecified atom stereocenters. The number of aryl methyl sites for hydroxylation is 1. The monoisotopic (exact) mass is 324 g/mol. The van der Waals surface area contributed by atoms with Gasteiger partial charge in [0, 0.05) is 18.4 Å². The van der Waals surface area contributed by atoms with Crippen LogP contribution in [0, 0.1) is 18.8 Å². The maximum absolute atomic E-state index is 12.9. The molecule has 0 aromatic carbocycles. The summed E-state index contributed by atoms with van der Waals surface area (Å²) in [5.74, 6) is 0.862.